The molecule has 1 aromatic rings. The molecule has 0 spiro atoms. The van der Waals surface area contributed by atoms with Gasteiger partial charge in [0.05, 0.1) is 5.75 Å². The third-order valence-corrected chi connectivity index (χ3v) is 5.78. The second kappa shape index (κ2) is 7.92. The fourth-order valence-corrected chi connectivity index (χ4v) is 4.39. The van der Waals surface area contributed by atoms with Crippen LogP contribution in [0, 0.1) is 0 Å². The number of nitrogens with one attached hydrogen (secondary N) is 1. The lowest BCUT2D eigenvalue weighted by atomic mass is 10.2. The zero-order valence-electron chi connectivity index (χ0n) is 12.8. The molecule has 0 saturated carbocycles. The minimum absolute atomic E-state index is 0.198. The molecule has 1 N–H and O–H groups in total. The molecule has 0 aromatic heterocycles. The topological polar surface area (TPSA) is 49.4 Å². The van der Waals surface area contributed by atoms with Crippen molar-refractivity contribution in [1.29, 1.82) is 0 Å². The molecule has 5 heteroatoms. The second-order valence-electron chi connectivity index (χ2n) is 5.70. The van der Waals surface area contributed by atoms with Gasteiger partial charge in [0.25, 0.3) is 0 Å². The Kier molecular flexibility index (Phi) is 6.21. The summed E-state index contributed by atoms with van der Waals surface area (Å²) in [6.45, 7) is 4.27. The normalized spacial score (nSPS) is 19.2. The van der Waals surface area contributed by atoms with Gasteiger partial charge in [-0.1, -0.05) is 37.3 Å². The predicted octanol–water partition coefficient (Wildman–Crippen LogP) is 2.02. The van der Waals surface area contributed by atoms with E-state index in [9.17, 15) is 8.42 Å². The van der Waals surface area contributed by atoms with E-state index in [1.165, 1.54) is 0 Å². The summed E-state index contributed by atoms with van der Waals surface area (Å²) in [6, 6.07) is 10.1. The van der Waals surface area contributed by atoms with E-state index in [0.717, 1.165) is 31.4 Å². The summed E-state index contributed by atoms with van der Waals surface area (Å²) in [5.41, 5.74) is 1.08. The van der Waals surface area contributed by atoms with Crippen molar-refractivity contribution < 1.29 is 8.42 Å². The Balaban J connectivity index is 1.95. The van der Waals surface area contributed by atoms with E-state index in [1.807, 2.05) is 37.3 Å². The van der Waals surface area contributed by atoms with E-state index >= 15 is 0 Å². The molecule has 21 heavy (non-hydrogen) atoms. The quantitative estimate of drug-likeness (QED) is 0.799. The first-order valence-electron chi connectivity index (χ1n) is 7.87. The van der Waals surface area contributed by atoms with Crippen LogP contribution in [-0.2, 0) is 16.4 Å². The van der Waals surface area contributed by atoms with Crippen LogP contribution in [0.15, 0.2) is 30.3 Å². The van der Waals surface area contributed by atoms with E-state index < -0.39 is 10.0 Å². The molecule has 4 nitrogen and oxygen atoms in total. The van der Waals surface area contributed by atoms with Crippen molar-refractivity contribution in [2.75, 3.05) is 25.4 Å². The second-order valence-corrected chi connectivity index (χ2v) is 7.79. The molecule has 0 radical (unpaired) electrons. The highest BCUT2D eigenvalue weighted by atomic mass is 32.2. The smallest absolute Gasteiger partial charge is 0.214 e. The Morgan fingerprint density at radius 2 is 2.05 bits per heavy atom. The van der Waals surface area contributed by atoms with Crippen LogP contribution < -0.4 is 5.32 Å². The van der Waals surface area contributed by atoms with Crippen LogP contribution >= 0.6 is 0 Å². The van der Waals surface area contributed by atoms with Gasteiger partial charge >= 0.3 is 0 Å². The number of rotatable bonds is 8. The molecule has 1 aromatic carbocycles. The van der Waals surface area contributed by atoms with E-state index in [1.54, 1.807) is 4.31 Å². The van der Waals surface area contributed by atoms with Gasteiger partial charge in [0.2, 0.25) is 10.0 Å². The van der Waals surface area contributed by atoms with Crippen LogP contribution in [0.4, 0.5) is 0 Å². The summed E-state index contributed by atoms with van der Waals surface area (Å²) in [5.74, 6) is 0.198. The van der Waals surface area contributed by atoms with Crippen molar-refractivity contribution in [3.63, 3.8) is 0 Å². The molecule has 1 unspecified atom stereocenters. The Morgan fingerprint density at radius 3 is 2.67 bits per heavy atom. The largest absolute Gasteiger partial charge is 0.313 e. The molecule has 118 valence electrons. The number of aryl methyl sites for hydroxylation is 1. The number of hydrogen-bond acceptors (Lipinski definition) is 3. The molecule has 1 saturated heterocycles. The SMILES string of the molecule is CCCN(CC1CCCN1)S(=O)(=O)CCc1ccccc1. The average molecular weight is 310 g/mol. The van der Waals surface area contributed by atoms with Crippen LogP contribution in [-0.4, -0.2) is 44.2 Å². The monoisotopic (exact) mass is 310 g/mol. The van der Waals surface area contributed by atoms with Gasteiger partial charge in [-0.15, -0.1) is 0 Å². The average Bonchev–Trinajstić information content (AvgIpc) is 2.99. The molecule has 1 heterocycles. The Hall–Kier alpha value is -0.910. The van der Waals surface area contributed by atoms with Gasteiger partial charge in [-0.05, 0) is 37.8 Å². The van der Waals surface area contributed by atoms with Gasteiger partial charge in [0.15, 0.2) is 0 Å². The van der Waals surface area contributed by atoms with Crippen molar-refractivity contribution in [3.05, 3.63) is 35.9 Å². The fourth-order valence-electron chi connectivity index (χ4n) is 2.77. The van der Waals surface area contributed by atoms with Crippen LogP contribution in [0.2, 0.25) is 0 Å². The van der Waals surface area contributed by atoms with E-state index in [4.69, 9.17) is 0 Å². The van der Waals surface area contributed by atoms with Gasteiger partial charge in [0, 0.05) is 19.1 Å². The molecule has 0 amide bonds. The van der Waals surface area contributed by atoms with Crippen molar-refractivity contribution in [3.8, 4) is 0 Å². The number of benzene rings is 1. The zero-order chi connectivity index (χ0) is 15.1. The molecule has 1 aliphatic heterocycles. The van der Waals surface area contributed by atoms with Crippen LogP contribution in [0.1, 0.15) is 31.7 Å². The molecule has 1 aliphatic rings. The number of nitrogens with zero attached hydrogens (tertiary/aromatic N) is 1. The van der Waals surface area contributed by atoms with Crippen molar-refractivity contribution in [1.82, 2.24) is 9.62 Å². The molecular formula is C16H26N2O2S. The van der Waals surface area contributed by atoms with Gasteiger partial charge in [0.1, 0.15) is 0 Å². The summed E-state index contributed by atoms with van der Waals surface area (Å²) in [7, 11) is -3.18. The maximum absolute atomic E-state index is 12.6. The minimum atomic E-state index is -3.18. The van der Waals surface area contributed by atoms with E-state index in [-0.39, 0.29) is 5.75 Å². The van der Waals surface area contributed by atoms with Gasteiger partial charge in [-0.3, -0.25) is 0 Å². The van der Waals surface area contributed by atoms with Crippen LogP contribution in [0.25, 0.3) is 0 Å². The molecule has 2 rings (SSSR count). The highest BCUT2D eigenvalue weighted by Gasteiger charge is 2.25. The summed E-state index contributed by atoms with van der Waals surface area (Å²) in [6.07, 6.45) is 3.67. The lowest BCUT2D eigenvalue weighted by Crippen LogP contribution is -2.42. The Morgan fingerprint density at radius 1 is 1.29 bits per heavy atom. The van der Waals surface area contributed by atoms with Crippen molar-refractivity contribution in [2.24, 2.45) is 0 Å². The van der Waals surface area contributed by atoms with Crippen molar-refractivity contribution in [2.45, 2.75) is 38.6 Å². The predicted molar refractivity (Wildman–Crippen MR) is 86.8 cm³/mol. The summed E-state index contributed by atoms with van der Waals surface area (Å²) >= 11 is 0. The minimum Gasteiger partial charge on any atom is -0.313 e. The first kappa shape index (κ1) is 16.5. The first-order valence-corrected chi connectivity index (χ1v) is 9.48. The lowest BCUT2D eigenvalue weighted by molar-refractivity contribution is 0.369. The molecule has 0 aliphatic carbocycles. The summed E-state index contributed by atoms with van der Waals surface area (Å²) < 4.78 is 26.8. The summed E-state index contributed by atoms with van der Waals surface area (Å²) in [5, 5.41) is 3.39. The third-order valence-electron chi connectivity index (χ3n) is 3.94. The summed E-state index contributed by atoms with van der Waals surface area (Å²) in [4.78, 5) is 0. The molecular weight excluding hydrogens is 284 g/mol. The van der Waals surface area contributed by atoms with Crippen LogP contribution in [0.5, 0.6) is 0 Å². The molecule has 1 atom stereocenters. The Labute approximate surface area is 128 Å². The van der Waals surface area contributed by atoms with Gasteiger partial charge < -0.3 is 5.32 Å². The highest BCUT2D eigenvalue weighted by Crippen LogP contribution is 2.12. The number of sulfonamides is 1. The van der Waals surface area contributed by atoms with E-state index in [0.29, 0.717) is 25.6 Å². The number of hydrogen-bond donors (Lipinski definition) is 1. The van der Waals surface area contributed by atoms with Crippen LogP contribution in [0.3, 0.4) is 0 Å². The third kappa shape index (κ3) is 5.09. The van der Waals surface area contributed by atoms with Gasteiger partial charge in [-0.25, -0.2) is 12.7 Å². The van der Waals surface area contributed by atoms with Gasteiger partial charge in [-0.2, -0.15) is 0 Å². The lowest BCUT2D eigenvalue weighted by Gasteiger charge is -2.25. The zero-order valence-corrected chi connectivity index (χ0v) is 13.6. The molecule has 1 fully saturated rings. The highest BCUT2D eigenvalue weighted by molar-refractivity contribution is 7.89. The standard InChI is InChI=1S/C16H26N2O2S/c1-2-12-18(14-16-9-6-11-17-16)21(19,20)13-10-15-7-4-3-5-8-15/h3-5,7-8,16-17H,2,6,9-14H2,1H3. The fraction of sp³-hybridized carbons (Fsp3) is 0.625. The van der Waals surface area contributed by atoms with E-state index in [2.05, 4.69) is 5.32 Å². The Bertz CT molecular complexity index is 510. The molecule has 0 bridgehead atoms. The maximum Gasteiger partial charge on any atom is 0.214 e. The van der Waals surface area contributed by atoms with Crippen molar-refractivity contribution >= 4 is 10.0 Å². The maximum atomic E-state index is 12.6. The first-order chi connectivity index (χ1) is 10.1.